The summed E-state index contributed by atoms with van der Waals surface area (Å²) < 4.78 is 38.2. The molecule has 2 bridgehead atoms. The third kappa shape index (κ3) is 4.10. The lowest BCUT2D eigenvalue weighted by molar-refractivity contribution is -0.141. The van der Waals surface area contributed by atoms with Crippen molar-refractivity contribution < 1.29 is 18.0 Å². The molecule has 8 nitrogen and oxygen atoms in total. The van der Waals surface area contributed by atoms with Gasteiger partial charge in [-0.05, 0) is 43.9 Å². The second-order valence-electron chi connectivity index (χ2n) is 8.32. The minimum absolute atomic E-state index is 0.126. The van der Waals surface area contributed by atoms with Crippen LogP contribution in [0.25, 0.3) is 11.4 Å². The number of aryl methyl sites for hydroxylation is 1. The molecule has 1 aliphatic heterocycles. The van der Waals surface area contributed by atoms with Gasteiger partial charge in [0.05, 0.1) is 24.0 Å². The fourth-order valence-corrected chi connectivity index (χ4v) is 4.63. The van der Waals surface area contributed by atoms with Gasteiger partial charge in [0.2, 0.25) is 0 Å². The van der Waals surface area contributed by atoms with E-state index in [4.69, 9.17) is 0 Å². The van der Waals surface area contributed by atoms with Crippen molar-refractivity contribution in [2.75, 3.05) is 11.9 Å². The Hall–Kier alpha value is -3.63. The van der Waals surface area contributed by atoms with E-state index in [-0.39, 0.29) is 23.8 Å². The molecule has 2 unspecified atom stereocenters. The molecular weight excluding hydrogens is 435 g/mol. The van der Waals surface area contributed by atoms with Crippen LogP contribution < -0.4 is 5.32 Å². The Bertz CT molecular complexity index is 1170. The number of piperidine rings is 1. The van der Waals surface area contributed by atoms with Gasteiger partial charge >= 0.3 is 6.18 Å². The number of aromatic nitrogens is 5. The summed E-state index contributed by atoms with van der Waals surface area (Å²) in [4.78, 5) is 35.7. The maximum Gasteiger partial charge on any atom is 0.434 e. The highest BCUT2D eigenvalue weighted by molar-refractivity contribution is 5.98. The van der Waals surface area contributed by atoms with E-state index < -0.39 is 11.9 Å². The van der Waals surface area contributed by atoms with E-state index in [9.17, 15) is 18.0 Å². The molecule has 5 rings (SSSR count). The van der Waals surface area contributed by atoms with E-state index in [0.717, 1.165) is 19.0 Å². The zero-order valence-corrected chi connectivity index (χ0v) is 17.6. The third-order valence-corrected chi connectivity index (χ3v) is 6.06. The molecule has 0 radical (unpaired) electrons. The van der Waals surface area contributed by atoms with E-state index in [0.29, 0.717) is 41.4 Å². The summed E-state index contributed by atoms with van der Waals surface area (Å²) in [5.74, 6) is 0.756. The van der Waals surface area contributed by atoms with Gasteiger partial charge in [0.15, 0.2) is 11.5 Å². The number of halogens is 3. The average molecular weight is 455 g/mol. The van der Waals surface area contributed by atoms with Crippen molar-refractivity contribution in [1.29, 1.82) is 0 Å². The van der Waals surface area contributed by atoms with Gasteiger partial charge < -0.3 is 10.2 Å². The predicted molar refractivity (Wildman–Crippen MR) is 112 cm³/mol. The molecule has 11 heteroatoms. The molecule has 1 amide bonds. The Morgan fingerprint density at radius 1 is 1.09 bits per heavy atom. The summed E-state index contributed by atoms with van der Waals surface area (Å²) in [6.07, 6.45) is 2.07. The minimum atomic E-state index is -4.54. The van der Waals surface area contributed by atoms with Crippen LogP contribution in [0.15, 0.2) is 43.0 Å². The molecule has 0 aromatic carbocycles. The van der Waals surface area contributed by atoms with Crippen molar-refractivity contribution >= 4 is 11.7 Å². The van der Waals surface area contributed by atoms with Gasteiger partial charge in [-0.25, -0.2) is 24.9 Å². The molecular formula is C22H20F3N7O. The Balaban J connectivity index is 1.37. The quantitative estimate of drug-likeness (QED) is 0.644. The van der Waals surface area contributed by atoms with Crippen LogP contribution in [0.1, 0.15) is 34.7 Å². The highest BCUT2D eigenvalue weighted by Crippen LogP contribution is 2.40. The molecule has 1 aliphatic carbocycles. The van der Waals surface area contributed by atoms with Gasteiger partial charge in [0.1, 0.15) is 11.5 Å². The molecule has 1 saturated carbocycles. The first-order valence-corrected chi connectivity index (χ1v) is 10.5. The number of pyridine rings is 1. The number of hydrogen-bond donors (Lipinski definition) is 1. The molecule has 33 heavy (non-hydrogen) atoms. The Morgan fingerprint density at radius 2 is 1.88 bits per heavy atom. The van der Waals surface area contributed by atoms with E-state index in [1.807, 2.05) is 13.0 Å². The molecule has 170 valence electrons. The molecule has 3 atom stereocenters. The SMILES string of the molecule is Cc1ccc(-c2ncccn2)c(C(=O)N2C[C@H]3CC(Nc4cnc(C(F)(F)F)cn4)C2C3)n1. The minimum Gasteiger partial charge on any atom is -0.364 e. The number of likely N-dealkylation sites (tertiary alicyclic amines) is 1. The van der Waals surface area contributed by atoms with Crippen LogP contribution >= 0.6 is 0 Å². The second kappa shape index (κ2) is 8.05. The second-order valence-corrected chi connectivity index (χ2v) is 8.32. The van der Waals surface area contributed by atoms with Crippen LogP contribution in [0.4, 0.5) is 19.0 Å². The van der Waals surface area contributed by atoms with Crippen LogP contribution in [-0.2, 0) is 6.18 Å². The number of nitrogens with zero attached hydrogens (tertiary/aromatic N) is 6. The van der Waals surface area contributed by atoms with Crippen LogP contribution in [-0.4, -0.2) is 54.4 Å². The fraction of sp³-hybridized carbons (Fsp3) is 0.364. The van der Waals surface area contributed by atoms with E-state index in [1.54, 1.807) is 29.4 Å². The summed E-state index contributed by atoms with van der Waals surface area (Å²) in [7, 11) is 0. The van der Waals surface area contributed by atoms with Crippen molar-refractivity contribution in [2.24, 2.45) is 5.92 Å². The van der Waals surface area contributed by atoms with Crippen LogP contribution in [0.3, 0.4) is 0 Å². The molecule has 2 aliphatic rings. The van der Waals surface area contributed by atoms with Crippen LogP contribution in [0, 0.1) is 12.8 Å². The standard InChI is InChI=1S/C22H20F3N7O/c1-12-3-4-14(20-26-5-2-6-27-20)19(30-12)21(33)32-11-13-7-15(16(32)8-13)31-18-10-28-17(9-29-18)22(23,24)25/h2-6,9-10,13,15-16H,7-8,11H2,1H3,(H,29,31)/t13-,15?,16?/m0/s1. The maximum absolute atomic E-state index is 13.6. The van der Waals surface area contributed by atoms with Crippen molar-refractivity contribution in [3.8, 4) is 11.4 Å². The lowest BCUT2D eigenvalue weighted by atomic mass is 10.0. The van der Waals surface area contributed by atoms with Crippen molar-refractivity contribution in [3.63, 3.8) is 0 Å². The summed E-state index contributed by atoms with van der Waals surface area (Å²) in [6.45, 7) is 2.42. The molecule has 1 saturated heterocycles. The van der Waals surface area contributed by atoms with Crippen molar-refractivity contribution in [2.45, 2.75) is 38.0 Å². The van der Waals surface area contributed by atoms with Gasteiger partial charge in [-0.1, -0.05) is 0 Å². The smallest absolute Gasteiger partial charge is 0.364 e. The van der Waals surface area contributed by atoms with E-state index in [1.165, 1.54) is 0 Å². The number of alkyl halides is 3. The number of fused-ring (bicyclic) bond motifs is 2. The number of carbonyl (C=O) groups is 1. The molecule has 1 N–H and O–H groups in total. The highest BCUT2D eigenvalue weighted by Gasteiger charge is 2.48. The highest BCUT2D eigenvalue weighted by atomic mass is 19.4. The third-order valence-electron chi connectivity index (χ3n) is 6.06. The summed E-state index contributed by atoms with van der Waals surface area (Å²) >= 11 is 0. The van der Waals surface area contributed by atoms with Gasteiger partial charge in [-0.3, -0.25) is 4.79 Å². The Labute approximate surface area is 187 Å². The molecule has 3 aromatic rings. The van der Waals surface area contributed by atoms with Crippen molar-refractivity contribution in [3.05, 3.63) is 60.1 Å². The first-order valence-electron chi connectivity index (χ1n) is 10.5. The van der Waals surface area contributed by atoms with Gasteiger partial charge in [-0.2, -0.15) is 13.2 Å². The van der Waals surface area contributed by atoms with Crippen molar-refractivity contribution in [1.82, 2.24) is 29.8 Å². The zero-order chi connectivity index (χ0) is 23.2. The molecule has 2 fully saturated rings. The lowest BCUT2D eigenvalue weighted by Gasteiger charge is -2.34. The van der Waals surface area contributed by atoms with E-state index in [2.05, 4.69) is 30.2 Å². The fourth-order valence-electron chi connectivity index (χ4n) is 4.63. The normalized spacial score (nSPS) is 21.9. The molecule has 0 spiro atoms. The van der Waals surface area contributed by atoms with Crippen LogP contribution in [0.2, 0.25) is 0 Å². The van der Waals surface area contributed by atoms with Gasteiger partial charge in [0.25, 0.3) is 5.91 Å². The number of rotatable bonds is 4. The average Bonchev–Trinajstić information content (AvgIpc) is 3.39. The Morgan fingerprint density at radius 3 is 2.55 bits per heavy atom. The van der Waals surface area contributed by atoms with Crippen LogP contribution in [0.5, 0.6) is 0 Å². The summed E-state index contributed by atoms with van der Waals surface area (Å²) in [6, 6.07) is 5.05. The largest absolute Gasteiger partial charge is 0.434 e. The van der Waals surface area contributed by atoms with Gasteiger partial charge in [0, 0.05) is 30.7 Å². The van der Waals surface area contributed by atoms with E-state index >= 15 is 0 Å². The molecule has 4 heterocycles. The first kappa shape index (κ1) is 21.2. The molecule has 3 aromatic heterocycles. The topological polar surface area (TPSA) is 96.8 Å². The number of hydrogen-bond acceptors (Lipinski definition) is 7. The summed E-state index contributed by atoms with van der Waals surface area (Å²) in [5, 5.41) is 3.16. The Kier molecular flexibility index (Phi) is 5.18. The maximum atomic E-state index is 13.6. The summed E-state index contributed by atoms with van der Waals surface area (Å²) in [5.41, 5.74) is 0.519. The number of carbonyl (C=O) groups excluding carboxylic acids is 1. The number of amides is 1. The zero-order valence-electron chi connectivity index (χ0n) is 17.6. The lowest BCUT2D eigenvalue weighted by Crippen LogP contribution is -2.48. The number of nitrogens with one attached hydrogen (secondary N) is 1. The monoisotopic (exact) mass is 455 g/mol. The number of anilines is 1. The van der Waals surface area contributed by atoms with Gasteiger partial charge in [-0.15, -0.1) is 0 Å². The first-order chi connectivity index (χ1) is 15.8. The predicted octanol–water partition coefficient (Wildman–Crippen LogP) is 3.37.